The minimum atomic E-state index is -0.00597. The first-order valence-electron chi connectivity index (χ1n) is 6.53. The first kappa shape index (κ1) is 12.0. The molecule has 1 aliphatic rings. The average molecular weight is 259 g/mol. The summed E-state index contributed by atoms with van der Waals surface area (Å²) >= 11 is 0. The number of imidazole rings is 1. The number of nitrogens with zero attached hydrogens (tertiary/aromatic N) is 3. The number of benzene rings is 1. The molecule has 5 heteroatoms. The molecule has 1 amide bonds. The Kier molecular flexibility index (Phi) is 2.69. The van der Waals surface area contributed by atoms with E-state index in [1.165, 1.54) is 6.07 Å². The standard InChI is InChI=1S/C14H17N3O2/c1-9-15-13-11(16(9)2)7-10(8-12(13)18)14(19)17-5-3-4-6-17/h7-8,18H,3-6H2,1-2H3. The highest BCUT2D eigenvalue weighted by Gasteiger charge is 2.21. The molecule has 2 aromatic rings. The fourth-order valence-corrected chi connectivity index (χ4v) is 2.61. The number of amides is 1. The van der Waals surface area contributed by atoms with Crippen molar-refractivity contribution in [2.45, 2.75) is 19.8 Å². The largest absolute Gasteiger partial charge is 0.506 e. The Hall–Kier alpha value is -2.04. The van der Waals surface area contributed by atoms with Crippen LogP contribution in [0.2, 0.25) is 0 Å². The quantitative estimate of drug-likeness (QED) is 0.850. The van der Waals surface area contributed by atoms with E-state index in [0.717, 1.165) is 37.3 Å². The van der Waals surface area contributed by atoms with Gasteiger partial charge in [0.05, 0.1) is 5.52 Å². The van der Waals surface area contributed by atoms with E-state index in [9.17, 15) is 9.90 Å². The Morgan fingerprint density at radius 3 is 2.68 bits per heavy atom. The number of hydrogen-bond acceptors (Lipinski definition) is 3. The summed E-state index contributed by atoms with van der Waals surface area (Å²) in [6, 6.07) is 3.34. The molecule has 0 spiro atoms. The van der Waals surface area contributed by atoms with Gasteiger partial charge in [-0.1, -0.05) is 0 Å². The molecule has 19 heavy (non-hydrogen) atoms. The van der Waals surface area contributed by atoms with Crippen LogP contribution in [0.3, 0.4) is 0 Å². The summed E-state index contributed by atoms with van der Waals surface area (Å²) in [4.78, 5) is 18.5. The normalized spacial score (nSPS) is 15.4. The maximum atomic E-state index is 12.3. The molecule has 1 aromatic heterocycles. The first-order valence-corrected chi connectivity index (χ1v) is 6.53. The third kappa shape index (κ3) is 1.85. The molecule has 1 N–H and O–H groups in total. The number of rotatable bonds is 1. The van der Waals surface area contributed by atoms with Crippen LogP contribution in [0.1, 0.15) is 29.0 Å². The summed E-state index contributed by atoms with van der Waals surface area (Å²) in [6.07, 6.45) is 2.12. The molecule has 0 bridgehead atoms. The lowest BCUT2D eigenvalue weighted by Crippen LogP contribution is -2.27. The predicted octanol–water partition coefficient (Wildman–Crippen LogP) is 1.82. The van der Waals surface area contributed by atoms with E-state index in [1.54, 1.807) is 0 Å². The van der Waals surface area contributed by atoms with Crippen molar-refractivity contribution in [1.29, 1.82) is 0 Å². The van der Waals surface area contributed by atoms with Gasteiger partial charge in [-0.05, 0) is 31.9 Å². The van der Waals surface area contributed by atoms with Crippen LogP contribution < -0.4 is 0 Å². The van der Waals surface area contributed by atoms with Crippen LogP contribution in [0.5, 0.6) is 5.75 Å². The number of aromatic nitrogens is 2. The van der Waals surface area contributed by atoms with Gasteiger partial charge in [0.2, 0.25) is 0 Å². The highest BCUT2D eigenvalue weighted by molar-refractivity contribution is 5.99. The Morgan fingerprint density at radius 2 is 2.00 bits per heavy atom. The molecule has 5 nitrogen and oxygen atoms in total. The van der Waals surface area contributed by atoms with Crippen molar-refractivity contribution < 1.29 is 9.90 Å². The second kappa shape index (κ2) is 4.26. The van der Waals surface area contributed by atoms with Gasteiger partial charge < -0.3 is 14.6 Å². The molecular weight excluding hydrogens is 242 g/mol. The fourth-order valence-electron chi connectivity index (χ4n) is 2.61. The van der Waals surface area contributed by atoms with Gasteiger partial charge >= 0.3 is 0 Å². The van der Waals surface area contributed by atoms with Crippen LogP contribution in [-0.2, 0) is 7.05 Å². The van der Waals surface area contributed by atoms with E-state index in [-0.39, 0.29) is 11.7 Å². The zero-order valence-corrected chi connectivity index (χ0v) is 11.2. The number of aryl methyl sites for hydroxylation is 2. The lowest BCUT2D eigenvalue weighted by Gasteiger charge is -2.15. The molecule has 1 aliphatic heterocycles. The number of fused-ring (bicyclic) bond motifs is 1. The van der Waals surface area contributed by atoms with Crippen LogP contribution in [-0.4, -0.2) is 38.6 Å². The molecule has 1 aromatic carbocycles. The fraction of sp³-hybridized carbons (Fsp3) is 0.429. The lowest BCUT2D eigenvalue weighted by atomic mass is 10.1. The van der Waals surface area contributed by atoms with Crippen molar-refractivity contribution in [2.75, 3.05) is 13.1 Å². The number of carbonyl (C=O) groups excluding carboxylic acids is 1. The lowest BCUT2D eigenvalue weighted by molar-refractivity contribution is 0.0792. The number of phenolic OH excluding ortho intramolecular Hbond substituents is 1. The van der Waals surface area contributed by atoms with Crippen LogP contribution >= 0.6 is 0 Å². The smallest absolute Gasteiger partial charge is 0.254 e. The Bertz CT molecular complexity index is 654. The van der Waals surface area contributed by atoms with E-state index >= 15 is 0 Å². The molecule has 2 heterocycles. The second-order valence-electron chi connectivity index (χ2n) is 5.08. The zero-order valence-electron chi connectivity index (χ0n) is 11.2. The van der Waals surface area contributed by atoms with Gasteiger partial charge in [-0.3, -0.25) is 4.79 Å². The maximum Gasteiger partial charge on any atom is 0.254 e. The van der Waals surface area contributed by atoms with E-state index in [0.29, 0.717) is 11.1 Å². The van der Waals surface area contributed by atoms with Crippen molar-refractivity contribution in [3.05, 3.63) is 23.5 Å². The van der Waals surface area contributed by atoms with Crippen LogP contribution in [0.4, 0.5) is 0 Å². The number of aromatic hydroxyl groups is 1. The summed E-state index contributed by atoms with van der Waals surface area (Å²) in [7, 11) is 1.88. The number of likely N-dealkylation sites (tertiary alicyclic amines) is 1. The molecule has 0 atom stereocenters. The summed E-state index contributed by atoms with van der Waals surface area (Å²) in [5.74, 6) is 0.883. The SMILES string of the molecule is Cc1nc2c(O)cc(C(=O)N3CCCC3)cc2n1C. The summed E-state index contributed by atoms with van der Waals surface area (Å²) in [5.41, 5.74) is 1.88. The molecule has 1 fully saturated rings. The van der Waals surface area contributed by atoms with Gasteiger partial charge in [0.15, 0.2) is 0 Å². The topological polar surface area (TPSA) is 58.4 Å². The van der Waals surface area contributed by atoms with Crippen molar-refractivity contribution in [3.8, 4) is 5.75 Å². The van der Waals surface area contributed by atoms with Crippen molar-refractivity contribution in [2.24, 2.45) is 7.05 Å². The highest BCUT2D eigenvalue weighted by Crippen LogP contribution is 2.27. The minimum Gasteiger partial charge on any atom is -0.506 e. The molecule has 0 aliphatic carbocycles. The van der Waals surface area contributed by atoms with E-state index < -0.39 is 0 Å². The molecule has 0 saturated carbocycles. The van der Waals surface area contributed by atoms with Crippen molar-refractivity contribution >= 4 is 16.9 Å². The molecule has 3 rings (SSSR count). The maximum absolute atomic E-state index is 12.3. The summed E-state index contributed by atoms with van der Waals surface area (Å²) < 4.78 is 1.88. The van der Waals surface area contributed by atoms with E-state index in [1.807, 2.05) is 29.5 Å². The van der Waals surface area contributed by atoms with Gasteiger partial charge in [0, 0.05) is 25.7 Å². The third-order valence-electron chi connectivity index (χ3n) is 3.83. The summed E-state index contributed by atoms with van der Waals surface area (Å²) in [5, 5.41) is 10.0. The van der Waals surface area contributed by atoms with Crippen molar-refractivity contribution in [3.63, 3.8) is 0 Å². The van der Waals surface area contributed by atoms with Crippen LogP contribution in [0, 0.1) is 6.92 Å². The molecular formula is C14H17N3O2. The monoisotopic (exact) mass is 259 g/mol. The van der Waals surface area contributed by atoms with Gasteiger partial charge in [0.25, 0.3) is 5.91 Å². The molecule has 1 saturated heterocycles. The number of carbonyl (C=O) groups is 1. The van der Waals surface area contributed by atoms with Crippen molar-refractivity contribution in [1.82, 2.24) is 14.5 Å². The average Bonchev–Trinajstić information content (AvgIpc) is 3.00. The molecule has 0 radical (unpaired) electrons. The highest BCUT2D eigenvalue weighted by atomic mass is 16.3. The molecule has 100 valence electrons. The number of phenols is 1. The van der Waals surface area contributed by atoms with Gasteiger partial charge in [-0.15, -0.1) is 0 Å². The molecule has 0 unspecified atom stereocenters. The minimum absolute atomic E-state index is 0.00597. The zero-order chi connectivity index (χ0) is 13.6. The Balaban J connectivity index is 2.09. The van der Waals surface area contributed by atoms with Gasteiger partial charge in [-0.2, -0.15) is 0 Å². The van der Waals surface area contributed by atoms with Gasteiger partial charge in [0.1, 0.15) is 17.1 Å². The van der Waals surface area contributed by atoms with E-state index in [2.05, 4.69) is 4.98 Å². The summed E-state index contributed by atoms with van der Waals surface area (Å²) in [6.45, 7) is 3.49. The Morgan fingerprint density at radius 1 is 1.32 bits per heavy atom. The third-order valence-corrected chi connectivity index (χ3v) is 3.83. The van der Waals surface area contributed by atoms with Gasteiger partial charge in [-0.25, -0.2) is 4.98 Å². The van der Waals surface area contributed by atoms with E-state index in [4.69, 9.17) is 0 Å². The first-order chi connectivity index (χ1) is 9.08. The predicted molar refractivity (Wildman–Crippen MR) is 72.3 cm³/mol. The Labute approximate surface area is 111 Å². The number of hydrogen-bond donors (Lipinski definition) is 1. The second-order valence-corrected chi connectivity index (χ2v) is 5.08. The van der Waals surface area contributed by atoms with Crippen LogP contribution in [0.25, 0.3) is 11.0 Å². The van der Waals surface area contributed by atoms with Crippen LogP contribution in [0.15, 0.2) is 12.1 Å².